The predicted octanol–water partition coefficient (Wildman–Crippen LogP) is 10.3. The summed E-state index contributed by atoms with van der Waals surface area (Å²) < 4.78 is 5.90. The van der Waals surface area contributed by atoms with E-state index in [9.17, 15) is 19.2 Å². The van der Waals surface area contributed by atoms with Crippen molar-refractivity contribution in [3.05, 3.63) is 97.2 Å². The third-order valence-electron chi connectivity index (χ3n) is 8.56. The van der Waals surface area contributed by atoms with E-state index in [-0.39, 0.29) is 30.9 Å². The van der Waals surface area contributed by atoms with Gasteiger partial charge in [-0.25, -0.2) is 4.79 Å². The summed E-state index contributed by atoms with van der Waals surface area (Å²) in [5.74, 6) is -2.44. The Morgan fingerprint density at radius 1 is 0.554 bits per heavy atom. The van der Waals surface area contributed by atoms with Crippen LogP contribution in [0.5, 0.6) is 0 Å². The maximum atomic E-state index is 12.7. The van der Waals surface area contributed by atoms with E-state index in [1.54, 1.807) is 0 Å². The molecule has 9 heteroatoms. The van der Waals surface area contributed by atoms with E-state index in [0.717, 1.165) is 116 Å². The van der Waals surface area contributed by atoms with Crippen molar-refractivity contribution in [3.63, 3.8) is 0 Å². The molecule has 0 aromatic heterocycles. The number of unbranched alkanes of at least 4 members (excludes halogenated alkanes) is 8. The average Bonchev–Trinajstić information content (AvgIpc) is 3.18. The molecule has 0 saturated heterocycles. The van der Waals surface area contributed by atoms with Crippen LogP contribution in [-0.2, 0) is 23.9 Å². The molecule has 2 amide bonds. The molecule has 56 heavy (non-hydrogen) atoms. The lowest BCUT2D eigenvalue weighted by atomic mass is 10.1. The van der Waals surface area contributed by atoms with Gasteiger partial charge in [0, 0.05) is 12.8 Å². The predicted molar refractivity (Wildman–Crippen MR) is 231 cm³/mol. The van der Waals surface area contributed by atoms with Gasteiger partial charge in [-0.2, -0.15) is 0 Å². The standard InChI is InChI=1S/C47H74N2O7/c1-3-5-7-9-11-13-15-16-17-18-19-20-22-24-26-31-35-39-46(53)56-42(36-32-28-25-23-21-14-12-10-8-6-4-2)37-33-29-27-30-34-38-44(51)48-40-45(52)49-43(41-50)47(54)55/h5-8,11-14,16-17,19-20,23,25,32,36,42-43,50H,3-4,9-10,15,18,21-22,24,26-31,33-35,37-41H2,1-2H3,(H,48,51)(H,49,52)(H,54,55)/b7-5-,8-6-,13-11-,14-12-,17-16-,20-19-,25-23-,36-32-. The van der Waals surface area contributed by atoms with E-state index in [1.807, 2.05) is 6.08 Å². The molecule has 0 aliphatic rings. The minimum atomic E-state index is -1.40. The van der Waals surface area contributed by atoms with Gasteiger partial charge in [0.1, 0.15) is 12.1 Å². The molecule has 0 aliphatic carbocycles. The number of ether oxygens (including phenoxy) is 1. The van der Waals surface area contributed by atoms with E-state index in [2.05, 4.69) is 116 Å². The van der Waals surface area contributed by atoms with Crippen molar-refractivity contribution in [3.8, 4) is 0 Å². The minimum Gasteiger partial charge on any atom is -0.480 e. The second-order valence-corrected chi connectivity index (χ2v) is 13.7. The molecule has 0 heterocycles. The van der Waals surface area contributed by atoms with Crippen LogP contribution >= 0.6 is 0 Å². The fourth-order valence-corrected chi connectivity index (χ4v) is 5.38. The second kappa shape index (κ2) is 40.4. The van der Waals surface area contributed by atoms with Crippen LogP contribution in [0.2, 0.25) is 0 Å². The Hall–Kier alpha value is -4.24. The van der Waals surface area contributed by atoms with Gasteiger partial charge in [-0.3, -0.25) is 14.4 Å². The van der Waals surface area contributed by atoms with Gasteiger partial charge in [0.05, 0.1) is 13.2 Å². The zero-order valence-electron chi connectivity index (χ0n) is 34.6. The number of aliphatic hydroxyl groups is 1. The molecule has 314 valence electrons. The van der Waals surface area contributed by atoms with Crippen LogP contribution in [-0.4, -0.2) is 59.3 Å². The van der Waals surface area contributed by atoms with E-state index < -0.39 is 24.5 Å². The smallest absolute Gasteiger partial charge is 0.328 e. The van der Waals surface area contributed by atoms with Gasteiger partial charge in [-0.15, -0.1) is 0 Å². The van der Waals surface area contributed by atoms with E-state index in [4.69, 9.17) is 14.9 Å². The monoisotopic (exact) mass is 779 g/mol. The summed E-state index contributed by atoms with van der Waals surface area (Å²) in [6.45, 7) is 3.21. The van der Waals surface area contributed by atoms with Crippen LogP contribution in [0, 0.1) is 0 Å². The fraction of sp³-hybridized carbons (Fsp3) is 0.574. The summed E-state index contributed by atoms with van der Waals surface area (Å²) in [7, 11) is 0. The van der Waals surface area contributed by atoms with Crippen molar-refractivity contribution in [2.45, 2.75) is 161 Å². The molecule has 0 radical (unpaired) electrons. The van der Waals surface area contributed by atoms with Crippen molar-refractivity contribution >= 4 is 23.8 Å². The van der Waals surface area contributed by atoms with Gasteiger partial charge in [-0.1, -0.05) is 137 Å². The molecular weight excluding hydrogens is 705 g/mol. The van der Waals surface area contributed by atoms with Crippen LogP contribution in [0.1, 0.15) is 149 Å². The van der Waals surface area contributed by atoms with Crippen molar-refractivity contribution in [2.75, 3.05) is 13.2 Å². The highest BCUT2D eigenvalue weighted by Gasteiger charge is 2.18. The summed E-state index contributed by atoms with van der Waals surface area (Å²) in [4.78, 5) is 47.5. The Morgan fingerprint density at radius 2 is 1.02 bits per heavy atom. The topological polar surface area (TPSA) is 142 Å². The zero-order valence-corrected chi connectivity index (χ0v) is 34.6. The lowest BCUT2D eigenvalue weighted by molar-refractivity contribution is -0.147. The first-order chi connectivity index (χ1) is 27.3. The molecule has 9 nitrogen and oxygen atoms in total. The van der Waals surface area contributed by atoms with Gasteiger partial charge in [0.15, 0.2) is 0 Å². The number of carboxylic acid groups (broad SMARTS) is 1. The van der Waals surface area contributed by atoms with Gasteiger partial charge in [-0.05, 0) is 96.0 Å². The molecule has 0 aromatic rings. The van der Waals surface area contributed by atoms with E-state index >= 15 is 0 Å². The van der Waals surface area contributed by atoms with Crippen molar-refractivity contribution < 1.29 is 34.1 Å². The number of carbonyl (C=O) groups is 4. The molecule has 0 aliphatic heterocycles. The number of aliphatic carboxylic acids is 1. The van der Waals surface area contributed by atoms with Crippen molar-refractivity contribution in [2.24, 2.45) is 0 Å². The number of hydrogen-bond donors (Lipinski definition) is 4. The summed E-state index contributed by atoms with van der Waals surface area (Å²) in [6.07, 6.45) is 53.0. The van der Waals surface area contributed by atoms with Crippen LogP contribution < -0.4 is 10.6 Å². The lowest BCUT2D eigenvalue weighted by Gasteiger charge is -2.14. The molecule has 0 spiro atoms. The minimum absolute atomic E-state index is 0.147. The fourth-order valence-electron chi connectivity index (χ4n) is 5.38. The Morgan fingerprint density at radius 3 is 1.55 bits per heavy atom. The maximum absolute atomic E-state index is 12.7. The maximum Gasteiger partial charge on any atom is 0.328 e. The Bertz CT molecular complexity index is 1260. The number of nitrogens with one attached hydrogen (secondary N) is 2. The third-order valence-corrected chi connectivity index (χ3v) is 8.56. The molecule has 4 N–H and O–H groups in total. The zero-order chi connectivity index (χ0) is 41.2. The third kappa shape index (κ3) is 36.7. The first-order valence-corrected chi connectivity index (χ1v) is 21.1. The molecule has 0 saturated carbocycles. The molecule has 0 bridgehead atoms. The Kier molecular flexibility index (Phi) is 37.4. The highest BCUT2D eigenvalue weighted by Crippen LogP contribution is 2.14. The normalized spacial score (nSPS) is 13.5. The summed E-state index contributed by atoms with van der Waals surface area (Å²) in [5, 5.41) is 22.5. The van der Waals surface area contributed by atoms with Gasteiger partial charge in [0.2, 0.25) is 11.8 Å². The molecule has 2 unspecified atom stereocenters. The SMILES string of the molecule is CC/C=C\C/C=C\C/C=C\C/C=C\CCCCCCC(=O)OC(/C=C\C/C=C\C/C=C\C/C=C\CC)CCCCCCCC(=O)NCC(=O)NC(CO)C(=O)O. The lowest BCUT2D eigenvalue weighted by Crippen LogP contribution is -2.47. The number of allylic oxidation sites excluding steroid dienone is 15. The van der Waals surface area contributed by atoms with Crippen molar-refractivity contribution in [1.82, 2.24) is 10.6 Å². The average molecular weight is 779 g/mol. The highest BCUT2D eigenvalue weighted by atomic mass is 16.5. The Labute approximate surface area is 338 Å². The highest BCUT2D eigenvalue weighted by molar-refractivity contribution is 5.87. The summed E-state index contributed by atoms with van der Waals surface area (Å²) >= 11 is 0. The van der Waals surface area contributed by atoms with Crippen LogP contribution in [0.3, 0.4) is 0 Å². The van der Waals surface area contributed by atoms with Gasteiger partial charge in [0.25, 0.3) is 0 Å². The Balaban J connectivity index is 4.48. The number of amides is 2. The largest absolute Gasteiger partial charge is 0.480 e. The number of carbonyl (C=O) groups excluding carboxylic acids is 3. The second-order valence-electron chi connectivity index (χ2n) is 13.7. The first-order valence-electron chi connectivity index (χ1n) is 21.1. The van der Waals surface area contributed by atoms with Gasteiger partial charge >= 0.3 is 11.9 Å². The molecule has 0 fully saturated rings. The summed E-state index contributed by atoms with van der Waals surface area (Å²) in [6, 6.07) is -1.40. The molecule has 0 aromatic carbocycles. The molecule has 2 atom stereocenters. The molecular formula is C47H74N2O7. The number of esters is 1. The van der Waals surface area contributed by atoms with Crippen LogP contribution in [0.4, 0.5) is 0 Å². The van der Waals surface area contributed by atoms with Crippen molar-refractivity contribution in [1.29, 1.82) is 0 Å². The molecule has 0 rings (SSSR count). The number of hydrogen-bond acceptors (Lipinski definition) is 6. The summed E-state index contributed by atoms with van der Waals surface area (Å²) in [5.41, 5.74) is 0. The number of aliphatic hydroxyl groups excluding tert-OH is 1. The quantitative estimate of drug-likeness (QED) is 0.0282. The van der Waals surface area contributed by atoms with Crippen LogP contribution in [0.25, 0.3) is 0 Å². The van der Waals surface area contributed by atoms with Gasteiger partial charge < -0.3 is 25.6 Å². The van der Waals surface area contributed by atoms with Crippen LogP contribution in [0.15, 0.2) is 97.2 Å². The van der Waals surface area contributed by atoms with E-state index in [1.165, 1.54) is 0 Å². The number of rotatable bonds is 36. The first kappa shape index (κ1) is 51.8. The van der Waals surface area contributed by atoms with E-state index in [0.29, 0.717) is 12.8 Å². The number of carboxylic acids is 1.